The van der Waals surface area contributed by atoms with Gasteiger partial charge in [0.15, 0.2) is 0 Å². The molecule has 7 N–H and O–H groups in total. The Morgan fingerprint density at radius 2 is 2.09 bits per heavy atom. The summed E-state index contributed by atoms with van der Waals surface area (Å²) in [5, 5.41) is 7.08. The molecular weight excluding hydrogens is 142 g/mol. The first-order valence-corrected chi connectivity index (χ1v) is 2.96. The molecule has 0 aliphatic carbocycles. The van der Waals surface area contributed by atoms with E-state index in [1.165, 1.54) is 12.3 Å². The van der Waals surface area contributed by atoms with Crippen molar-refractivity contribution in [2.45, 2.75) is 0 Å². The Morgan fingerprint density at radius 1 is 1.45 bits per heavy atom. The van der Waals surface area contributed by atoms with Gasteiger partial charge >= 0.3 is 0 Å². The van der Waals surface area contributed by atoms with Gasteiger partial charge < -0.3 is 17.2 Å². The van der Waals surface area contributed by atoms with Crippen molar-refractivity contribution in [3.05, 3.63) is 17.8 Å². The van der Waals surface area contributed by atoms with Crippen LogP contribution in [0.25, 0.3) is 0 Å². The molecule has 0 spiro atoms. The molecule has 0 amide bonds. The van der Waals surface area contributed by atoms with Gasteiger partial charge in [0, 0.05) is 0 Å². The van der Waals surface area contributed by atoms with E-state index in [-0.39, 0.29) is 11.7 Å². The van der Waals surface area contributed by atoms with Crippen LogP contribution in [0, 0.1) is 5.41 Å². The van der Waals surface area contributed by atoms with Gasteiger partial charge in [-0.15, -0.1) is 0 Å². The largest absolute Gasteiger partial charge is 0.397 e. The van der Waals surface area contributed by atoms with Gasteiger partial charge in [-0.05, 0) is 6.07 Å². The number of hydrogen-bond acceptors (Lipinski definition) is 4. The van der Waals surface area contributed by atoms with E-state index in [9.17, 15) is 0 Å². The summed E-state index contributed by atoms with van der Waals surface area (Å²) in [4.78, 5) is 3.73. The molecule has 5 nitrogen and oxygen atoms in total. The van der Waals surface area contributed by atoms with Gasteiger partial charge in [0.25, 0.3) is 0 Å². The molecule has 1 heterocycles. The smallest absolute Gasteiger partial charge is 0.134 e. The lowest BCUT2D eigenvalue weighted by Crippen LogP contribution is -2.14. The van der Waals surface area contributed by atoms with E-state index >= 15 is 0 Å². The van der Waals surface area contributed by atoms with Crippen LogP contribution in [0.4, 0.5) is 11.5 Å². The van der Waals surface area contributed by atoms with E-state index in [1.54, 1.807) is 0 Å². The molecule has 0 atom stereocenters. The second kappa shape index (κ2) is 2.45. The summed E-state index contributed by atoms with van der Waals surface area (Å²) in [7, 11) is 0. The average Bonchev–Trinajstić information content (AvgIpc) is 1.94. The third kappa shape index (κ3) is 1.37. The molecule has 0 saturated heterocycles. The number of nitrogens with one attached hydrogen (secondary N) is 1. The van der Waals surface area contributed by atoms with Crippen LogP contribution in [0.3, 0.4) is 0 Å². The molecule has 1 aromatic heterocycles. The maximum atomic E-state index is 7.08. The molecule has 0 aliphatic rings. The molecule has 58 valence electrons. The van der Waals surface area contributed by atoms with Gasteiger partial charge in [-0.1, -0.05) is 0 Å². The number of nitrogens with zero attached hydrogens (tertiary/aromatic N) is 1. The number of pyridine rings is 1. The molecule has 0 aliphatic heterocycles. The topological polar surface area (TPSA) is 115 Å². The zero-order valence-corrected chi connectivity index (χ0v) is 5.83. The Morgan fingerprint density at radius 3 is 2.55 bits per heavy atom. The molecule has 0 saturated carbocycles. The third-order valence-electron chi connectivity index (χ3n) is 1.23. The zero-order valence-electron chi connectivity index (χ0n) is 5.83. The van der Waals surface area contributed by atoms with Crippen LogP contribution in [-0.2, 0) is 0 Å². The van der Waals surface area contributed by atoms with E-state index in [0.717, 1.165) is 0 Å². The monoisotopic (exact) mass is 151 g/mol. The third-order valence-corrected chi connectivity index (χ3v) is 1.23. The summed E-state index contributed by atoms with van der Waals surface area (Å²) in [5.41, 5.74) is 16.8. The Hall–Kier alpha value is -1.78. The molecule has 0 aromatic carbocycles. The summed E-state index contributed by atoms with van der Waals surface area (Å²) in [6, 6.07) is 1.52. The molecule has 0 bridgehead atoms. The predicted molar refractivity (Wildman–Crippen MR) is 44.1 cm³/mol. The maximum Gasteiger partial charge on any atom is 0.134 e. The van der Waals surface area contributed by atoms with Gasteiger partial charge in [-0.25, -0.2) is 4.98 Å². The number of nitrogen functional groups attached to an aromatic ring is 3. The minimum atomic E-state index is -0.123. The van der Waals surface area contributed by atoms with Crippen LogP contribution in [0.15, 0.2) is 12.3 Å². The highest BCUT2D eigenvalue weighted by Gasteiger charge is 2.02. The summed E-state index contributed by atoms with van der Waals surface area (Å²) >= 11 is 0. The van der Waals surface area contributed by atoms with Crippen molar-refractivity contribution in [1.82, 2.24) is 4.98 Å². The van der Waals surface area contributed by atoms with E-state index in [2.05, 4.69) is 4.98 Å². The van der Waals surface area contributed by atoms with Crippen LogP contribution in [0.5, 0.6) is 0 Å². The normalized spacial score (nSPS) is 9.45. The number of anilines is 2. The number of amidine groups is 1. The quantitative estimate of drug-likeness (QED) is 0.321. The van der Waals surface area contributed by atoms with Crippen molar-refractivity contribution in [2.24, 2.45) is 5.73 Å². The Balaban J connectivity index is 3.23. The zero-order chi connectivity index (χ0) is 8.43. The molecule has 1 rings (SSSR count). The van der Waals surface area contributed by atoms with Crippen LogP contribution < -0.4 is 17.2 Å². The van der Waals surface area contributed by atoms with Gasteiger partial charge in [-0.3, -0.25) is 5.41 Å². The van der Waals surface area contributed by atoms with Crippen molar-refractivity contribution in [1.29, 1.82) is 5.41 Å². The highest BCUT2D eigenvalue weighted by atomic mass is 14.9. The molecule has 11 heavy (non-hydrogen) atoms. The van der Waals surface area contributed by atoms with Gasteiger partial charge in [0.2, 0.25) is 0 Å². The van der Waals surface area contributed by atoms with Crippen molar-refractivity contribution in [3.63, 3.8) is 0 Å². The minimum Gasteiger partial charge on any atom is -0.397 e. The lowest BCUT2D eigenvalue weighted by atomic mass is 10.2. The van der Waals surface area contributed by atoms with Crippen molar-refractivity contribution in [2.75, 3.05) is 11.5 Å². The average molecular weight is 151 g/mol. The van der Waals surface area contributed by atoms with E-state index in [1.807, 2.05) is 0 Å². The molecule has 5 heteroatoms. The first-order valence-electron chi connectivity index (χ1n) is 2.96. The van der Waals surface area contributed by atoms with Crippen LogP contribution in [0.1, 0.15) is 5.56 Å². The first kappa shape index (κ1) is 7.33. The second-order valence-electron chi connectivity index (χ2n) is 2.12. The Kier molecular flexibility index (Phi) is 1.63. The molecule has 1 aromatic rings. The van der Waals surface area contributed by atoms with Crippen LogP contribution in [0.2, 0.25) is 0 Å². The summed E-state index contributed by atoms with van der Waals surface area (Å²) in [6.07, 6.45) is 1.42. The van der Waals surface area contributed by atoms with Gasteiger partial charge in [0.1, 0.15) is 11.7 Å². The van der Waals surface area contributed by atoms with Gasteiger partial charge in [0.05, 0.1) is 17.4 Å². The van der Waals surface area contributed by atoms with Crippen molar-refractivity contribution < 1.29 is 0 Å². The van der Waals surface area contributed by atoms with Crippen LogP contribution in [-0.4, -0.2) is 10.8 Å². The lowest BCUT2D eigenvalue weighted by molar-refractivity contribution is 1.31. The van der Waals surface area contributed by atoms with E-state index in [0.29, 0.717) is 11.3 Å². The lowest BCUT2D eigenvalue weighted by Gasteiger charge is -2.02. The fourth-order valence-electron chi connectivity index (χ4n) is 0.707. The van der Waals surface area contributed by atoms with E-state index in [4.69, 9.17) is 22.6 Å². The Labute approximate surface area is 63.7 Å². The predicted octanol–water partition coefficient (Wildman–Crippen LogP) is -0.470. The highest BCUT2D eigenvalue weighted by Crippen LogP contribution is 2.10. The summed E-state index contributed by atoms with van der Waals surface area (Å²) in [5.74, 6) is 0.106. The fraction of sp³-hybridized carbons (Fsp3) is 0. The second-order valence-corrected chi connectivity index (χ2v) is 2.12. The molecular formula is C6H9N5. The van der Waals surface area contributed by atoms with Crippen LogP contribution >= 0.6 is 0 Å². The maximum absolute atomic E-state index is 7.08. The number of aromatic nitrogens is 1. The highest BCUT2D eigenvalue weighted by molar-refractivity contribution is 5.99. The summed E-state index contributed by atoms with van der Waals surface area (Å²) < 4.78 is 0. The number of rotatable bonds is 1. The SMILES string of the molecule is N=C(N)c1cc(N)cnc1N. The summed E-state index contributed by atoms with van der Waals surface area (Å²) in [6.45, 7) is 0. The van der Waals surface area contributed by atoms with E-state index < -0.39 is 0 Å². The fourth-order valence-corrected chi connectivity index (χ4v) is 0.707. The molecule has 0 radical (unpaired) electrons. The number of nitrogens with two attached hydrogens (primary N) is 3. The van der Waals surface area contributed by atoms with Crippen molar-refractivity contribution >= 4 is 17.3 Å². The molecule has 0 fully saturated rings. The van der Waals surface area contributed by atoms with Crippen molar-refractivity contribution in [3.8, 4) is 0 Å². The molecule has 0 unspecified atom stereocenters. The van der Waals surface area contributed by atoms with Gasteiger partial charge in [-0.2, -0.15) is 0 Å². The standard InChI is InChI=1S/C6H9N5/c7-3-1-4(5(8)9)6(10)11-2-3/h1-2H,7H2,(H3,8,9)(H2,10,11). The minimum absolute atomic E-state index is 0.123. The Bertz CT molecular complexity index is 293. The first-order chi connectivity index (χ1) is 5.11. The number of hydrogen-bond donors (Lipinski definition) is 4.